The van der Waals surface area contributed by atoms with Gasteiger partial charge in [-0.05, 0) is 49.7 Å². The van der Waals surface area contributed by atoms with Crippen LogP contribution in [0.25, 0.3) is 10.2 Å². The van der Waals surface area contributed by atoms with E-state index in [4.69, 9.17) is 21.1 Å². The Morgan fingerprint density at radius 3 is 2.62 bits per heavy atom. The summed E-state index contributed by atoms with van der Waals surface area (Å²) in [5, 5.41) is 0.618. The predicted octanol–water partition coefficient (Wildman–Crippen LogP) is 4.20. The zero-order valence-electron chi connectivity index (χ0n) is 14.8. The highest BCUT2D eigenvalue weighted by atomic mass is 35.5. The minimum atomic E-state index is -0.342. The van der Waals surface area contributed by atoms with Gasteiger partial charge in [0.1, 0.15) is 17.0 Å². The number of amides is 1. The summed E-state index contributed by atoms with van der Waals surface area (Å²) < 4.78 is 14.0. The minimum Gasteiger partial charge on any atom is -0.495 e. The molecule has 1 amide bonds. The molecule has 7 heteroatoms. The Hall–Kier alpha value is -2.31. The highest BCUT2D eigenvalue weighted by molar-refractivity contribution is 7.16. The highest BCUT2D eigenvalue weighted by Gasteiger charge is 2.13. The van der Waals surface area contributed by atoms with E-state index < -0.39 is 0 Å². The molecule has 0 saturated heterocycles. The second-order valence-electron chi connectivity index (χ2n) is 5.64. The van der Waals surface area contributed by atoms with E-state index in [-0.39, 0.29) is 12.5 Å². The van der Waals surface area contributed by atoms with Crippen molar-refractivity contribution in [3.63, 3.8) is 0 Å². The van der Waals surface area contributed by atoms with Gasteiger partial charge in [0, 0.05) is 11.6 Å². The third-order valence-corrected chi connectivity index (χ3v) is 5.38. The fraction of sp³-hybridized carbons (Fsp3) is 0.263. The fourth-order valence-electron chi connectivity index (χ4n) is 2.64. The summed E-state index contributed by atoms with van der Waals surface area (Å²) in [6, 6.07) is 10.8. The summed E-state index contributed by atoms with van der Waals surface area (Å²) >= 11 is 7.32. The Bertz CT molecular complexity index is 1010. The van der Waals surface area contributed by atoms with E-state index in [9.17, 15) is 4.79 Å². The van der Waals surface area contributed by atoms with Gasteiger partial charge in [-0.15, -0.1) is 0 Å². The van der Waals surface area contributed by atoms with Gasteiger partial charge in [-0.1, -0.05) is 29.0 Å². The lowest BCUT2D eigenvalue weighted by molar-refractivity contribution is -0.120. The Morgan fingerprint density at radius 2 is 1.96 bits per heavy atom. The van der Waals surface area contributed by atoms with Crippen molar-refractivity contribution in [3.8, 4) is 11.5 Å². The number of carbonyl (C=O) groups excluding carboxylic acids is 1. The molecule has 1 heterocycles. The smallest absolute Gasteiger partial charge is 0.286 e. The van der Waals surface area contributed by atoms with E-state index in [1.807, 2.05) is 30.5 Å². The number of ether oxygens (including phenoxy) is 2. The quantitative estimate of drug-likeness (QED) is 0.656. The third-order valence-electron chi connectivity index (χ3n) is 3.92. The summed E-state index contributed by atoms with van der Waals surface area (Å²) in [6.07, 6.45) is 0. The van der Waals surface area contributed by atoms with Crippen molar-refractivity contribution in [2.45, 2.75) is 20.4 Å². The van der Waals surface area contributed by atoms with Crippen LogP contribution in [0.3, 0.4) is 0 Å². The largest absolute Gasteiger partial charge is 0.495 e. The molecule has 0 radical (unpaired) electrons. The van der Waals surface area contributed by atoms with Gasteiger partial charge in [0.2, 0.25) is 0 Å². The molecule has 0 aliphatic rings. The molecule has 0 aliphatic carbocycles. The van der Waals surface area contributed by atoms with E-state index in [1.165, 1.54) is 11.3 Å². The molecule has 0 saturated carbocycles. The van der Waals surface area contributed by atoms with Crippen LogP contribution in [0.2, 0.25) is 5.02 Å². The number of benzene rings is 2. The second-order valence-corrected chi connectivity index (χ2v) is 7.05. The van der Waals surface area contributed by atoms with Crippen molar-refractivity contribution in [2.75, 3.05) is 13.7 Å². The monoisotopic (exact) mass is 390 g/mol. The van der Waals surface area contributed by atoms with Crippen molar-refractivity contribution in [1.82, 2.24) is 4.57 Å². The van der Waals surface area contributed by atoms with E-state index in [2.05, 4.69) is 4.99 Å². The van der Waals surface area contributed by atoms with Gasteiger partial charge in [0.25, 0.3) is 5.91 Å². The van der Waals surface area contributed by atoms with Crippen LogP contribution in [0.5, 0.6) is 11.5 Å². The molecule has 26 heavy (non-hydrogen) atoms. The molecule has 3 rings (SSSR count). The Morgan fingerprint density at radius 1 is 1.23 bits per heavy atom. The van der Waals surface area contributed by atoms with Crippen molar-refractivity contribution in [2.24, 2.45) is 4.99 Å². The molecule has 0 N–H and O–H groups in total. The summed E-state index contributed by atoms with van der Waals surface area (Å²) in [5.74, 6) is 1.01. The van der Waals surface area contributed by atoms with Gasteiger partial charge in [0.15, 0.2) is 11.4 Å². The number of hydrogen-bond donors (Lipinski definition) is 0. The van der Waals surface area contributed by atoms with Crippen LogP contribution in [-0.2, 0) is 11.3 Å². The minimum absolute atomic E-state index is 0.129. The Labute approximate surface area is 160 Å². The molecule has 3 aromatic rings. The van der Waals surface area contributed by atoms with E-state index in [0.717, 1.165) is 21.5 Å². The topological polar surface area (TPSA) is 52.8 Å². The van der Waals surface area contributed by atoms with Gasteiger partial charge in [-0.2, -0.15) is 4.99 Å². The first kappa shape index (κ1) is 18.5. The van der Waals surface area contributed by atoms with Crippen molar-refractivity contribution in [3.05, 3.63) is 51.8 Å². The molecule has 1 aromatic heterocycles. The average Bonchev–Trinajstić information content (AvgIpc) is 3.00. The Kier molecular flexibility index (Phi) is 5.64. The lowest BCUT2D eigenvalue weighted by Gasteiger charge is -2.07. The second kappa shape index (κ2) is 7.93. The molecule has 0 spiro atoms. The molecular formula is C19H19ClN2O3S. The maximum atomic E-state index is 12.3. The third kappa shape index (κ3) is 3.76. The van der Waals surface area contributed by atoms with Crippen LogP contribution in [0, 0.1) is 6.92 Å². The number of methoxy groups -OCH3 is 1. The molecule has 5 nitrogen and oxygen atoms in total. The van der Waals surface area contributed by atoms with Crippen LogP contribution < -0.4 is 14.3 Å². The number of carbonyl (C=O) groups is 1. The first-order valence-corrected chi connectivity index (χ1v) is 9.35. The summed E-state index contributed by atoms with van der Waals surface area (Å²) in [5.41, 5.74) is 2.09. The number of hydrogen-bond acceptors (Lipinski definition) is 4. The van der Waals surface area contributed by atoms with Crippen molar-refractivity contribution < 1.29 is 14.3 Å². The van der Waals surface area contributed by atoms with Gasteiger partial charge < -0.3 is 14.0 Å². The van der Waals surface area contributed by atoms with Gasteiger partial charge in [0.05, 0.1) is 11.8 Å². The average molecular weight is 391 g/mol. The van der Waals surface area contributed by atoms with Gasteiger partial charge in [-0.3, -0.25) is 4.79 Å². The van der Waals surface area contributed by atoms with E-state index in [0.29, 0.717) is 22.1 Å². The number of nitrogens with zero attached hydrogens (tertiary/aromatic N) is 2. The van der Waals surface area contributed by atoms with Crippen LogP contribution in [0.4, 0.5) is 0 Å². The number of halogens is 1. The standard InChI is InChI=1S/C19H19ClN2O3S/c1-4-22-17-15(24-3)10-5-12(2)18(17)26-19(22)21-16(23)11-25-14-8-6-13(20)7-9-14/h5-10H,4,11H2,1-3H3. The maximum Gasteiger partial charge on any atom is 0.286 e. The van der Waals surface area contributed by atoms with E-state index in [1.54, 1.807) is 31.4 Å². The fourth-order valence-corrected chi connectivity index (χ4v) is 3.96. The van der Waals surface area contributed by atoms with Crippen LogP contribution >= 0.6 is 22.9 Å². The molecule has 0 aliphatic heterocycles. The predicted molar refractivity (Wildman–Crippen MR) is 104 cm³/mol. The zero-order chi connectivity index (χ0) is 18.7. The zero-order valence-corrected chi connectivity index (χ0v) is 16.4. The Balaban J connectivity index is 1.92. The maximum absolute atomic E-state index is 12.3. The summed E-state index contributed by atoms with van der Waals surface area (Å²) in [7, 11) is 1.64. The van der Waals surface area contributed by atoms with Crippen molar-refractivity contribution in [1.29, 1.82) is 0 Å². The van der Waals surface area contributed by atoms with Crippen LogP contribution in [0.15, 0.2) is 41.4 Å². The molecule has 2 aromatic carbocycles. The number of rotatable bonds is 5. The molecule has 0 unspecified atom stereocenters. The summed E-state index contributed by atoms with van der Waals surface area (Å²) in [4.78, 5) is 17.2. The van der Waals surface area contributed by atoms with Crippen molar-refractivity contribution >= 4 is 39.1 Å². The van der Waals surface area contributed by atoms with Crippen LogP contribution in [-0.4, -0.2) is 24.2 Å². The molecule has 0 atom stereocenters. The molecule has 0 fully saturated rings. The first-order valence-electron chi connectivity index (χ1n) is 8.16. The lowest BCUT2D eigenvalue weighted by Crippen LogP contribution is -2.19. The number of fused-ring (bicyclic) bond motifs is 1. The van der Waals surface area contributed by atoms with Crippen LogP contribution in [0.1, 0.15) is 12.5 Å². The molecule has 136 valence electrons. The number of aromatic nitrogens is 1. The van der Waals surface area contributed by atoms with E-state index >= 15 is 0 Å². The lowest BCUT2D eigenvalue weighted by atomic mass is 10.2. The SMILES string of the molecule is CCn1c(=NC(=O)COc2ccc(Cl)cc2)sc2c(C)ccc(OC)c21. The number of thiazole rings is 1. The number of aryl methyl sites for hydroxylation is 2. The summed E-state index contributed by atoms with van der Waals surface area (Å²) in [6.45, 7) is 4.61. The van der Waals surface area contributed by atoms with Gasteiger partial charge in [-0.25, -0.2) is 0 Å². The highest BCUT2D eigenvalue weighted by Crippen LogP contribution is 2.30. The molecular weight excluding hydrogens is 372 g/mol. The molecule has 0 bridgehead atoms. The normalized spacial score (nSPS) is 11.8. The van der Waals surface area contributed by atoms with Gasteiger partial charge >= 0.3 is 0 Å². The first-order chi connectivity index (χ1) is 12.5.